The van der Waals surface area contributed by atoms with E-state index in [2.05, 4.69) is 4.98 Å². The van der Waals surface area contributed by atoms with Crippen LogP contribution in [0.15, 0.2) is 47.6 Å². The number of nitro groups is 1. The zero-order chi connectivity index (χ0) is 17.3. The van der Waals surface area contributed by atoms with Crippen LogP contribution in [-0.2, 0) is 11.2 Å². The van der Waals surface area contributed by atoms with Gasteiger partial charge in [0.05, 0.1) is 10.2 Å². The number of hydrogen-bond acceptors (Lipinski definition) is 5. The first-order valence-electron chi connectivity index (χ1n) is 7.66. The highest BCUT2D eigenvalue weighted by Gasteiger charge is 2.34. The van der Waals surface area contributed by atoms with Crippen LogP contribution in [0.5, 0.6) is 0 Å². The standard InChI is InChI=1S/C17H17N3O3S/c1-11-10-13-6-3-4-7-14(13)19(11)17(21)12(2)24-16-15(20(22)23)8-5-9-18-16/h3-9,11-12H,10H2,1-2H3. The fourth-order valence-corrected chi connectivity index (χ4v) is 3.86. The van der Waals surface area contributed by atoms with Gasteiger partial charge in [-0.3, -0.25) is 14.9 Å². The minimum atomic E-state index is -0.472. The van der Waals surface area contributed by atoms with Gasteiger partial charge in [0.15, 0.2) is 5.03 Å². The molecule has 1 amide bonds. The van der Waals surface area contributed by atoms with Gasteiger partial charge in [0.25, 0.3) is 0 Å². The second-order valence-corrected chi connectivity index (χ2v) is 7.06. The van der Waals surface area contributed by atoms with Crippen LogP contribution in [0.2, 0.25) is 0 Å². The minimum absolute atomic E-state index is 0.0580. The molecule has 24 heavy (non-hydrogen) atoms. The molecule has 0 radical (unpaired) electrons. The lowest BCUT2D eigenvalue weighted by Gasteiger charge is -2.25. The molecule has 0 aliphatic carbocycles. The Labute approximate surface area is 144 Å². The Bertz CT molecular complexity index is 796. The fraction of sp³-hybridized carbons (Fsp3) is 0.294. The number of benzene rings is 1. The van der Waals surface area contributed by atoms with E-state index in [-0.39, 0.29) is 22.7 Å². The number of pyridine rings is 1. The summed E-state index contributed by atoms with van der Waals surface area (Å²) in [4.78, 5) is 29.4. The number of carbonyl (C=O) groups is 1. The number of fused-ring (bicyclic) bond motifs is 1. The number of rotatable bonds is 4. The van der Waals surface area contributed by atoms with Crippen LogP contribution >= 0.6 is 11.8 Å². The molecule has 2 atom stereocenters. The molecule has 7 heteroatoms. The first kappa shape index (κ1) is 16.4. The average Bonchev–Trinajstić information content (AvgIpc) is 2.90. The molecular weight excluding hydrogens is 326 g/mol. The minimum Gasteiger partial charge on any atom is -0.308 e. The molecule has 0 fully saturated rings. The fourth-order valence-electron chi connectivity index (χ4n) is 2.93. The van der Waals surface area contributed by atoms with Gasteiger partial charge in [-0.05, 0) is 38.0 Å². The predicted molar refractivity (Wildman–Crippen MR) is 93.3 cm³/mol. The van der Waals surface area contributed by atoms with Gasteiger partial charge < -0.3 is 4.90 Å². The second kappa shape index (κ2) is 6.60. The first-order valence-corrected chi connectivity index (χ1v) is 8.54. The molecule has 124 valence electrons. The molecule has 3 rings (SSSR count). The van der Waals surface area contributed by atoms with E-state index in [1.165, 1.54) is 18.3 Å². The van der Waals surface area contributed by atoms with Gasteiger partial charge in [-0.1, -0.05) is 30.0 Å². The van der Waals surface area contributed by atoms with E-state index in [0.717, 1.165) is 29.4 Å². The summed E-state index contributed by atoms with van der Waals surface area (Å²) in [5, 5.41) is 10.9. The van der Waals surface area contributed by atoms with Gasteiger partial charge in [-0.15, -0.1) is 0 Å². The topological polar surface area (TPSA) is 76.3 Å². The van der Waals surface area contributed by atoms with Gasteiger partial charge in [0.1, 0.15) is 0 Å². The molecule has 1 aromatic carbocycles. The molecule has 2 unspecified atom stereocenters. The highest BCUT2D eigenvalue weighted by atomic mass is 32.2. The molecular formula is C17H17N3O3S. The van der Waals surface area contributed by atoms with E-state index in [1.54, 1.807) is 11.8 Å². The zero-order valence-electron chi connectivity index (χ0n) is 13.4. The Kier molecular flexibility index (Phi) is 4.53. The molecule has 0 spiro atoms. The van der Waals surface area contributed by atoms with Crippen LogP contribution in [-0.4, -0.2) is 27.1 Å². The Hall–Kier alpha value is -2.41. The third-order valence-electron chi connectivity index (χ3n) is 4.03. The summed E-state index contributed by atoms with van der Waals surface area (Å²) in [6.45, 7) is 3.78. The maximum Gasteiger partial charge on any atom is 0.301 e. The van der Waals surface area contributed by atoms with Crippen molar-refractivity contribution in [2.24, 2.45) is 0 Å². The summed E-state index contributed by atoms with van der Waals surface area (Å²) >= 11 is 1.13. The van der Waals surface area contributed by atoms with E-state index in [1.807, 2.05) is 31.2 Å². The highest BCUT2D eigenvalue weighted by Crippen LogP contribution is 2.36. The maximum absolute atomic E-state index is 12.9. The lowest BCUT2D eigenvalue weighted by Crippen LogP contribution is -2.40. The Balaban J connectivity index is 1.83. The summed E-state index contributed by atoms with van der Waals surface area (Å²) < 4.78 is 0. The number of anilines is 1. The van der Waals surface area contributed by atoms with Crippen LogP contribution in [0.25, 0.3) is 0 Å². The van der Waals surface area contributed by atoms with E-state index in [4.69, 9.17) is 0 Å². The van der Waals surface area contributed by atoms with Crippen LogP contribution < -0.4 is 4.90 Å². The monoisotopic (exact) mass is 343 g/mol. The third-order valence-corrected chi connectivity index (χ3v) is 5.12. The number of hydrogen-bond donors (Lipinski definition) is 0. The normalized spacial score (nSPS) is 17.4. The number of amides is 1. The quantitative estimate of drug-likeness (QED) is 0.483. The number of aromatic nitrogens is 1. The van der Waals surface area contributed by atoms with Crippen molar-refractivity contribution >= 4 is 29.0 Å². The zero-order valence-corrected chi connectivity index (χ0v) is 14.2. The number of thioether (sulfide) groups is 1. The molecule has 2 heterocycles. The van der Waals surface area contributed by atoms with Gasteiger partial charge >= 0.3 is 5.69 Å². The lowest BCUT2D eigenvalue weighted by atomic mass is 10.1. The van der Waals surface area contributed by atoms with Crippen molar-refractivity contribution in [2.75, 3.05) is 4.90 Å². The SMILES string of the molecule is CC(Sc1ncccc1[N+](=O)[O-])C(=O)N1c2ccccc2CC1C. The van der Waals surface area contributed by atoms with Crippen molar-refractivity contribution in [2.45, 2.75) is 36.6 Å². The molecule has 0 N–H and O–H groups in total. The molecule has 0 saturated carbocycles. The van der Waals surface area contributed by atoms with E-state index in [0.29, 0.717) is 0 Å². The van der Waals surface area contributed by atoms with Crippen molar-refractivity contribution in [3.63, 3.8) is 0 Å². The third kappa shape index (κ3) is 2.99. The summed E-state index contributed by atoms with van der Waals surface area (Å²) in [5.41, 5.74) is 2.01. The largest absolute Gasteiger partial charge is 0.308 e. The molecule has 6 nitrogen and oxygen atoms in total. The summed E-state index contributed by atoms with van der Waals surface area (Å²) in [5.74, 6) is -0.0580. The van der Waals surface area contributed by atoms with Crippen LogP contribution in [0.4, 0.5) is 11.4 Å². The number of para-hydroxylation sites is 1. The van der Waals surface area contributed by atoms with Crippen LogP contribution in [0.3, 0.4) is 0 Å². The average molecular weight is 343 g/mol. The van der Waals surface area contributed by atoms with Crippen molar-refractivity contribution < 1.29 is 9.72 Å². The van der Waals surface area contributed by atoms with Crippen molar-refractivity contribution in [3.05, 3.63) is 58.3 Å². The molecule has 2 aromatic rings. The van der Waals surface area contributed by atoms with E-state index >= 15 is 0 Å². The van der Waals surface area contributed by atoms with Crippen molar-refractivity contribution in [1.82, 2.24) is 4.98 Å². The summed E-state index contributed by atoms with van der Waals surface area (Å²) in [7, 11) is 0. The number of carbonyl (C=O) groups excluding carboxylic acids is 1. The predicted octanol–water partition coefficient (Wildman–Crippen LogP) is 3.45. The Morgan fingerprint density at radius 2 is 2.12 bits per heavy atom. The molecule has 0 bridgehead atoms. The van der Waals surface area contributed by atoms with Crippen molar-refractivity contribution in [1.29, 1.82) is 0 Å². The molecule has 1 aliphatic heterocycles. The summed E-state index contributed by atoms with van der Waals surface area (Å²) in [6.07, 6.45) is 2.32. The lowest BCUT2D eigenvalue weighted by molar-refractivity contribution is -0.388. The van der Waals surface area contributed by atoms with Gasteiger partial charge in [0, 0.05) is 24.0 Å². The van der Waals surface area contributed by atoms with E-state index in [9.17, 15) is 14.9 Å². The first-order chi connectivity index (χ1) is 11.5. The van der Waals surface area contributed by atoms with Gasteiger partial charge in [0.2, 0.25) is 5.91 Å². The van der Waals surface area contributed by atoms with E-state index < -0.39 is 10.2 Å². The maximum atomic E-state index is 12.9. The second-order valence-electron chi connectivity index (χ2n) is 5.73. The smallest absolute Gasteiger partial charge is 0.301 e. The Morgan fingerprint density at radius 3 is 2.88 bits per heavy atom. The summed E-state index contributed by atoms with van der Waals surface area (Å²) in [6, 6.07) is 10.9. The molecule has 0 saturated heterocycles. The van der Waals surface area contributed by atoms with Crippen molar-refractivity contribution in [3.8, 4) is 0 Å². The van der Waals surface area contributed by atoms with Crippen LogP contribution in [0, 0.1) is 10.1 Å². The van der Waals surface area contributed by atoms with Crippen LogP contribution in [0.1, 0.15) is 19.4 Å². The van der Waals surface area contributed by atoms with Gasteiger partial charge in [-0.2, -0.15) is 0 Å². The highest BCUT2D eigenvalue weighted by molar-refractivity contribution is 8.00. The number of nitrogens with zero attached hydrogens (tertiary/aromatic N) is 3. The molecule has 1 aromatic heterocycles. The Morgan fingerprint density at radius 1 is 1.38 bits per heavy atom. The van der Waals surface area contributed by atoms with Gasteiger partial charge in [-0.25, -0.2) is 4.98 Å². The molecule has 1 aliphatic rings.